The van der Waals surface area contributed by atoms with E-state index < -0.39 is 5.54 Å². The van der Waals surface area contributed by atoms with E-state index in [4.69, 9.17) is 0 Å². The van der Waals surface area contributed by atoms with Crippen molar-refractivity contribution < 1.29 is 4.79 Å². The van der Waals surface area contributed by atoms with Crippen molar-refractivity contribution >= 4 is 34.1 Å². The van der Waals surface area contributed by atoms with Crippen LogP contribution in [0.2, 0.25) is 0 Å². The lowest BCUT2D eigenvalue weighted by Crippen LogP contribution is -2.49. The van der Waals surface area contributed by atoms with Gasteiger partial charge in [0.15, 0.2) is 4.34 Å². The van der Waals surface area contributed by atoms with Crippen molar-refractivity contribution in [3.63, 3.8) is 0 Å². The van der Waals surface area contributed by atoms with Gasteiger partial charge in [-0.1, -0.05) is 48.4 Å². The molecule has 1 fully saturated rings. The average Bonchev–Trinajstić information content (AvgIpc) is 3.00. The second kappa shape index (κ2) is 8.15. The van der Waals surface area contributed by atoms with Crippen LogP contribution >= 0.6 is 23.1 Å². The molecule has 0 saturated heterocycles. The summed E-state index contributed by atoms with van der Waals surface area (Å²) in [6, 6.07) is 2.29. The Balaban J connectivity index is 1.81. The van der Waals surface area contributed by atoms with Crippen LogP contribution in [0.1, 0.15) is 32.1 Å². The van der Waals surface area contributed by atoms with Crippen molar-refractivity contribution in [1.29, 1.82) is 5.26 Å². The number of carbonyl (C=O) groups excluding carboxylic acids is 1. The molecule has 1 aromatic rings. The molecule has 1 aliphatic carbocycles. The quantitative estimate of drug-likeness (QED) is 0.587. The summed E-state index contributed by atoms with van der Waals surface area (Å²) in [5, 5.41) is 24.0. The second-order valence-electron chi connectivity index (χ2n) is 5.13. The van der Waals surface area contributed by atoms with E-state index in [1.165, 1.54) is 23.1 Å². The first-order valence-electron chi connectivity index (χ1n) is 7.21. The molecule has 1 saturated carbocycles. The number of rotatable bonds is 7. The van der Waals surface area contributed by atoms with E-state index in [0.29, 0.717) is 11.7 Å². The predicted molar refractivity (Wildman–Crippen MR) is 88.9 cm³/mol. The zero-order chi connectivity index (χ0) is 15.8. The monoisotopic (exact) mass is 337 g/mol. The highest BCUT2D eigenvalue weighted by atomic mass is 32.2. The highest BCUT2D eigenvalue weighted by Crippen LogP contribution is 2.28. The Hall–Kier alpha value is -1.59. The van der Waals surface area contributed by atoms with E-state index in [2.05, 4.69) is 33.5 Å². The molecule has 1 heterocycles. The molecule has 2 rings (SSSR count). The third kappa shape index (κ3) is 4.71. The molecule has 6 nitrogen and oxygen atoms in total. The fourth-order valence-corrected chi connectivity index (χ4v) is 3.91. The molecule has 0 atom stereocenters. The van der Waals surface area contributed by atoms with Gasteiger partial charge in [0.1, 0.15) is 5.54 Å². The molecule has 2 N–H and O–H groups in total. The Morgan fingerprint density at radius 3 is 2.91 bits per heavy atom. The lowest BCUT2D eigenvalue weighted by Gasteiger charge is -2.31. The van der Waals surface area contributed by atoms with Crippen LogP contribution in [0.5, 0.6) is 0 Å². The molecule has 0 aromatic carbocycles. The van der Waals surface area contributed by atoms with Gasteiger partial charge in [-0.3, -0.25) is 4.79 Å². The highest BCUT2D eigenvalue weighted by molar-refractivity contribution is 8.01. The number of hydrogen-bond donors (Lipinski definition) is 2. The highest BCUT2D eigenvalue weighted by Gasteiger charge is 2.33. The smallest absolute Gasteiger partial charge is 0.231 e. The van der Waals surface area contributed by atoms with Crippen LogP contribution in [0.15, 0.2) is 17.0 Å². The number of nitrogens with zero attached hydrogens (tertiary/aromatic N) is 3. The van der Waals surface area contributed by atoms with Crippen molar-refractivity contribution in [3.05, 3.63) is 12.7 Å². The minimum Gasteiger partial charge on any atom is -0.357 e. The summed E-state index contributed by atoms with van der Waals surface area (Å²) < 4.78 is 0.733. The minimum atomic E-state index is -0.673. The standard InChI is InChI=1S/C14H19N5OS2/c1-2-8-16-12-18-19-13(22-12)21-9-11(20)17-14(10-15)6-4-3-5-7-14/h2H,1,3-9H2,(H,16,18)(H,17,20). The number of thioether (sulfide) groups is 1. The van der Waals surface area contributed by atoms with E-state index in [1.807, 2.05) is 0 Å². The van der Waals surface area contributed by atoms with Crippen molar-refractivity contribution in [2.75, 3.05) is 17.6 Å². The minimum absolute atomic E-state index is 0.121. The number of aromatic nitrogens is 2. The number of carbonyl (C=O) groups is 1. The molecule has 22 heavy (non-hydrogen) atoms. The van der Waals surface area contributed by atoms with E-state index >= 15 is 0 Å². The Morgan fingerprint density at radius 2 is 2.23 bits per heavy atom. The average molecular weight is 337 g/mol. The summed E-state index contributed by atoms with van der Waals surface area (Å²) >= 11 is 2.74. The number of nitriles is 1. The van der Waals surface area contributed by atoms with Gasteiger partial charge in [-0.05, 0) is 12.8 Å². The zero-order valence-electron chi connectivity index (χ0n) is 12.3. The molecule has 1 amide bonds. The van der Waals surface area contributed by atoms with Crippen LogP contribution in [-0.4, -0.2) is 33.9 Å². The summed E-state index contributed by atoms with van der Waals surface area (Å²) in [4.78, 5) is 12.1. The number of nitrogens with one attached hydrogen (secondary N) is 2. The second-order valence-corrected chi connectivity index (χ2v) is 7.33. The third-order valence-electron chi connectivity index (χ3n) is 3.43. The maximum absolute atomic E-state index is 12.1. The van der Waals surface area contributed by atoms with Gasteiger partial charge in [-0.15, -0.1) is 16.8 Å². The Labute approximate surface area is 138 Å². The fraction of sp³-hybridized carbons (Fsp3) is 0.571. The largest absolute Gasteiger partial charge is 0.357 e. The van der Waals surface area contributed by atoms with Gasteiger partial charge < -0.3 is 10.6 Å². The molecule has 1 aromatic heterocycles. The lowest BCUT2D eigenvalue weighted by atomic mass is 9.83. The van der Waals surface area contributed by atoms with Gasteiger partial charge in [0.2, 0.25) is 11.0 Å². The molecular formula is C14H19N5OS2. The van der Waals surface area contributed by atoms with Gasteiger partial charge in [-0.2, -0.15) is 5.26 Å². The Kier molecular flexibility index (Phi) is 6.21. The summed E-state index contributed by atoms with van der Waals surface area (Å²) in [7, 11) is 0. The molecule has 0 spiro atoms. The van der Waals surface area contributed by atoms with E-state index in [-0.39, 0.29) is 11.7 Å². The predicted octanol–water partition coefficient (Wildman–Crippen LogP) is 2.57. The van der Waals surface area contributed by atoms with Gasteiger partial charge in [0, 0.05) is 6.54 Å². The molecular weight excluding hydrogens is 318 g/mol. The first-order chi connectivity index (χ1) is 10.7. The molecule has 0 bridgehead atoms. The molecule has 0 aliphatic heterocycles. The van der Waals surface area contributed by atoms with Gasteiger partial charge in [-0.25, -0.2) is 0 Å². The van der Waals surface area contributed by atoms with Crippen LogP contribution in [0, 0.1) is 11.3 Å². The van der Waals surface area contributed by atoms with Gasteiger partial charge >= 0.3 is 0 Å². The van der Waals surface area contributed by atoms with Crippen molar-refractivity contribution in [3.8, 4) is 6.07 Å². The van der Waals surface area contributed by atoms with E-state index in [1.54, 1.807) is 6.08 Å². The molecule has 0 unspecified atom stereocenters. The first-order valence-corrected chi connectivity index (χ1v) is 9.01. The maximum Gasteiger partial charge on any atom is 0.231 e. The number of anilines is 1. The maximum atomic E-state index is 12.1. The SMILES string of the molecule is C=CCNc1nnc(SCC(=O)NC2(C#N)CCCCC2)s1. The van der Waals surface area contributed by atoms with Crippen LogP contribution < -0.4 is 10.6 Å². The lowest BCUT2D eigenvalue weighted by molar-refractivity contribution is -0.120. The van der Waals surface area contributed by atoms with Crippen LogP contribution in [0.4, 0.5) is 5.13 Å². The number of amides is 1. The number of hydrogen-bond acceptors (Lipinski definition) is 7. The summed E-state index contributed by atoms with van der Waals surface area (Å²) in [5.74, 6) is 0.128. The first kappa shape index (κ1) is 16.8. The van der Waals surface area contributed by atoms with Crippen LogP contribution in [0.25, 0.3) is 0 Å². The fourth-order valence-electron chi connectivity index (χ4n) is 2.35. The van der Waals surface area contributed by atoms with Crippen molar-refractivity contribution in [2.24, 2.45) is 0 Å². The van der Waals surface area contributed by atoms with Gasteiger partial charge in [0.25, 0.3) is 0 Å². The summed E-state index contributed by atoms with van der Waals surface area (Å²) in [6.07, 6.45) is 6.36. The summed E-state index contributed by atoms with van der Waals surface area (Å²) in [5.41, 5.74) is -0.673. The summed E-state index contributed by atoms with van der Waals surface area (Å²) in [6.45, 7) is 4.25. The normalized spacial score (nSPS) is 16.5. The van der Waals surface area contributed by atoms with Gasteiger partial charge in [0.05, 0.1) is 11.8 Å². The molecule has 1 aliphatic rings. The Morgan fingerprint density at radius 1 is 1.45 bits per heavy atom. The van der Waals surface area contributed by atoms with Crippen molar-refractivity contribution in [1.82, 2.24) is 15.5 Å². The van der Waals surface area contributed by atoms with Crippen LogP contribution in [-0.2, 0) is 4.79 Å². The van der Waals surface area contributed by atoms with E-state index in [9.17, 15) is 10.1 Å². The molecule has 8 heteroatoms. The zero-order valence-corrected chi connectivity index (χ0v) is 13.9. The third-order valence-corrected chi connectivity index (χ3v) is 5.44. The van der Waals surface area contributed by atoms with Crippen molar-refractivity contribution in [2.45, 2.75) is 42.0 Å². The Bertz CT molecular complexity index is 560. The van der Waals surface area contributed by atoms with E-state index in [0.717, 1.165) is 36.4 Å². The molecule has 0 radical (unpaired) electrons. The van der Waals surface area contributed by atoms with Crippen LogP contribution in [0.3, 0.4) is 0 Å². The molecule has 118 valence electrons. The topological polar surface area (TPSA) is 90.7 Å².